The van der Waals surface area contributed by atoms with Gasteiger partial charge >= 0.3 is 0 Å². The molecule has 0 aromatic rings. The first-order chi connectivity index (χ1) is 7.53. The SMILES string of the molecule is CNC(C)CCCCN1CCCC(C)(C)C1. The molecule has 16 heavy (non-hydrogen) atoms. The molecule has 0 bridgehead atoms. The van der Waals surface area contributed by atoms with Crippen LogP contribution in [0.25, 0.3) is 0 Å². The molecule has 0 aromatic carbocycles. The van der Waals surface area contributed by atoms with Gasteiger partial charge in [-0.15, -0.1) is 0 Å². The van der Waals surface area contributed by atoms with Crippen LogP contribution in [-0.2, 0) is 0 Å². The predicted octanol–water partition coefficient (Wildman–Crippen LogP) is 2.89. The Morgan fingerprint density at radius 2 is 2.06 bits per heavy atom. The summed E-state index contributed by atoms with van der Waals surface area (Å²) in [5, 5.41) is 3.30. The summed E-state index contributed by atoms with van der Waals surface area (Å²) in [5.74, 6) is 0. The maximum absolute atomic E-state index is 3.30. The number of hydrogen-bond acceptors (Lipinski definition) is 2. The summed E-state index contributed by atoms with van der Waals surface area (Å²) >= 11 is 0. The lowest BCUT2D eigenvalue weighted by atomic mass is 9.84. The first-order valence-electron chi connectivity index (χ1n) is 6.93. The van der Waals surface area contributed by atoms with E-state index >= 15 is 0 Å². The fraction of sp³-hybridized carbons (Fsp3) is 1.00. The van der Waals surface area contributed by atoms with Crippen LogP contribution in [0.2, 0.25) is 0 Å². The van der Waals surface area contributed by atoms with Crippen molar-refractivity contribution in [1.82, 2.24) is 10.2 Å². The molecule has 1 saturated heterocycles. The number of nitrogens with one attached hydrogen (secondary N) is 1. The lowest BCUT2D eigenvalue weighted by Gasteiger charge is -2.38. The van der Waals surface area contributed by atoms with Gasteiger partial charge < -0.3 is 10.2 Å². The van der Waals surface area contributed by atoms with E-state index in [1.807, 2.05) is 0 Å². The molecule has 1 N–H and O–H groups in total. The third-order valence-electron chi connectivity index (χ3n) is 3.83. The van der Waals surface area contributed by atoms with E-state index in [1.165, 1.54) is 51.7 Å². The second-order valence-corrected chi connectivity index (χ2v) is 6.23. The smallest absolute Gasteiger partial charge is 0.00357 e. The van der Waals surface area contributed by atoms with Crippen molar-refractivity contribution in [3.63, 3.8) is 0 Å². The first-order valence-corrected chi connectivity index (χ1v) is 6.93. The number of hydrogen-bond donors (Lipinski definition) is 1. The van der Waals surface area contributed by atoms with Crippen LogP contribution in [-0.4, -0.2) is 37.6 Å². The van der Waals surface area contributed by atoms with Crippen LogP contribution in [0.15, 0.2) is 0 Å². The summed E-state index contributed by atoms with van der Waals surface area (Å²) in [6.07, 6.45) is 6.83. The van der Waals surface area contributed by atoms with Crippen molar-refractivity contribution in [3.05, 3.63) is 0 Å². The second-order valence-electron chi connectivity index (χ2n) is 6.23. The van der Waals surface area contributed by atoms with E-state index in [4.69, 9.17) is 0 Å². The zero-order valence-electron chi connectivity index (χ0n) is 11.7. The normalized spacial score (nSPS) is 23.2. The van der Waals surface area contributed by atoms with Crippen molar-refractivity contribution in [2.24, 2.45) is 5.41 Å². The lowest BCUT2D eigenvalue weighted by molar-refractivity contribution is 0.116. The van der Waals surface area contributed by atoms with Gasteiger partial charge in [-0.25, -0.2) is 0 Å². The van der Waals surface area contributed by atoms with Crippen LogP contribution in [0.5, 0.6) is 0 Å². The fourth-order valence-electron chi connectivity index (χ4n) is 2.67. The number of unbranched alkanes of at least 4 members (excludes halogenated alkanes) is 1. The van der Waals surface area contributed by atoms with E-state index in [-0.39, 0.29) is 0 Å². The van der Waals surface area contributed by atoms with Gasteiger partial charge in [-0.3, -0.25) is 0 Å². The molecule has 0 aromatic heterocycles. The number of rotatable bonds is 6. The quantitative estimate of drug-likeness (QED) is 0.701. The van der Waals surface area contributed by atoms with Crippen molar-refractivity contribution in [1.29, 1.82) is 0 Å². The van der Waals surface area contributed by atoms with E-state index in [0.717, 1.165) is 0 Å². The Balaban J connectivity index is 2.09. The average molecular weight is 226 g/mol. The van der Waals surface area contributed by atoms with Gasteiger partial charge in [-0.05, 0) is 58.2 Å². The molecular formula is C14H30N2. The second kappa shape index (κ2) is 6.61. The molecule has 0 saturated carbocycles. The molecule has 1 rings (SSSR count). The topological polar surface area (TPSA) is 15.3 Å². The highest BCUT2D eigenvalue weighted by Crippen LogP contribution is 2.28. The van der Waals surface area contributed by atoms with Crippen LogP contribution >= 0.6 is 0 Å². The van der Waals surface area contributed by atoms with Gasteiger partial charge in [0.15, 0.2) is 0 Å². The van der Waals surface area contributed by atoms with Gasteiger partial charge in [0.2, 0.25) is 0 Å². The Morgan fingerprint density at radius 1 is 1.31 bits per heavy atom. The highest BCUT2D eigenvalue weighted by Gasteiger charge is 2.25. The van der Waals surface area contributed by atoms with E-state index in [9.17, 15) is 0 Å². The molecule has 2 nitrogen and oxygen atoms in total. The van der Waals surface area contributed by atoms with Crippen LogP contribution < -0.4 is 5.32 Å². The third kappa shape index (κ3) is 5.31. The molecular weight excluding hydrogens is 196 g/mol. The Kier molecular flexibility index (Phi) is 5.77. The molecule has 1 heterocycles. The molecule has 1 aliphatic rings. The van der Waals surface area contributed by atoms with Gasteiger partial charge in [-0.1, -0.05) is 20.3 Å². The van der Waals surface area contributed by atoms with Crippen molar-refractivity contribution < 1.29 is 0 Å². The summed E-state index contributed by atoms with van der Waals surface area (Å²) in [6.45, 7) is 11.0. The highest BCUT2D eigenvalue weighted by molar-refractivity contribution is 4.79. The van der Waals surface area contributed by atoms with Crippen LogP contribution in [0.3, 0.4) is 0 Å². The van der Waals surface area contributed by atoms with Crippen molar-refractivity contribution in [2.75, 3.05) is 26.7 Å². The minimum atomic E-state index is 0.552. The molecule has 96 valence electrons. The number of nitrogens with zero attached hydrogens (tertiary/aromatic N) is 1. The largest absolute Gasteiger partial charge is 0.317 e. The molecule has 2 heteroatoms. The lowest BCUT2D eigenvalue weighted by Crippen LogP contribution is -2.40. The fourth-order valence-corrected chi connectivity index (χ4v) is 2.67. The van der Waals surface area contributed by atoms with Gasteiger partial charge in [0, 0.05) is 12.6 Å². The van der Waals surface area contributed by atoms with Crippen molar-refractivity contribution in [2.45, 2.75) is 58.9 Å². The predicted molar refractivity (Wildman–Crippen MR) is 71.8 cm³/mol. The zero-order chi connectivity index (χ0) is 12.0. The standard InChI is InChI=1S/C14H30N2/c1-13(15-4)8-5-6-10-16-11-7-9-14(2,3)12-16/h13,15H,5-12H2,1-4H3. The van der Waals surface area contributed by atoms with Crippen LogP contribution in [0, 0.1) is 5.41 Å². The molecule has 0 aliphatic carbocycles. The third-order valence-corrected chi connectivity index (χ3v) is 3.83. The Morgan fingerprint density at radius 3 is 2.69 bits per heavy atom. The van der Waals surface area contributed by atoms with Crippen LogP contribution in [0.1, 0.15) is 52.9 Å². The maximum atomic E-state index is 3.30. The van der Waals surface area contributed by atoms with E-state index in [2.05, 4.69) is 38.0 Å². The van der Waals surface area contributed by atoms with E-state index < -0.39 is 0 Å². The summed E-state index contributed by atoms with van der Waals surface area (Å²) in [4.78, 5) is 2.66. The summed E-state index contributed by atoms with van der Waals surface area (Å²) in [7, 11) is 2.05. The summed E-state index contributed by atoms with van der Waals surface area (Å²) < 4.78 is 0. The zero-order valence-corrected chi connectivity index (χ0v) is 11.7. The van der Waals surface area contributed by atoms with E-state index in [0.29, 0.717) is 11.5 Å². The molecule has 1 aliphatic heterocycles. The minimum Gasteiger partial charge on any atom is -0.317 e. The monoisotopic (exact) mass is 226 g/mol. The molecule has 1 atom stereocenters. The van der Waals surface area contributed by atoms with Gasteiger partial charge in [-0.2, -0.15) is 0 Å². The summed E-state index contributed by atoms with van der Waals surface area (Å²) in [5.41, 5.74) is 0.552. The van der Waals surface area contributed by atoms with Crippen LogP contribution in [0.4, 0.5) is 0 Å². The summed E-state index contributed by atoms with van der Waals surface area (Å²) in [6, 6.07) is 0.679. The number of likely N-dealkylation sites (tertiary alicyclic amines) is 1. The van der Waals surface area contributed by atoms with E-state index in [1.54, 1.807) is 0 Å². The van der Waals surface area contributed by atoms with Crippen molar-refractivity contribution in [3.8, 4) is 0 Å². The highest BCUT2D eigenvalue weighted by atomic mass is 15.1. The minimum absolute atomic E-state index is 0.552. The molecule has 0 spiro atoms. The van der Waals surface area contributed by atoms with Gasteiger partial charge in [0.05, 0.1) is 0 Å². The first kappa shape index (κ1) is 14.0. The average Bonchev–Trinajstić information content (AvgIpc) is 2.22. The Bertz CT molecular complexity index is 189. The Hall–Kier alpha value is -0.0800. The molecule has 0 radical (unpaired) electrons. The van der Waals surface area contributed by atoms with Gasteiger partial charge in [0.1, 0.15) is 0 Å². The van der Waals surface area contributed by atoms with Gasteiger partial charge in [0.25, 0.3) is 0 Å². The molecule has 0 amide bonds. The molecule has 1 fully saturated rings. The van der Waals surface area contributed by atoms with Crippen molar-refractivity contribution >= 4 is 0 Å². The molecule has 1 unspecified atom stereocenters. The maximum Gasteiger partial charge on any atom is 0.00357 e. The number of piperidine rings is 1. The Labute approximate surface area is 102 Å².